The van der Waals surface area contributed by atoms with E-state index in [0.717, 1.165) is 11.0 Å². The van der Waals surface area contributed by atoms with Crippen LogP contribution in [0, 0.1) is 0 Å². The van der Waals surface area contributed by atoms with Crippen molar-refractivity contribution in [2.75, 3.05) is 14.2 Å². The zero-order valence-corrected chi connectivity index (χ0v) is 17.4. The maximum atomic E-state index is 12.3. The van der Waals surface area contributed by atoms with E-state index in [4.69, 9.17) is 4.84 Å². The molecule has 0 radical (unpaired) electrons. The molecule has 140 valence electrons. The van der Waals surface area contributed by atoms with E-state index in [1.165, 1.54) is 12.2 Å². The summed E-state index contributed by atoms with van der Waals surface area (Å²) in [5.41, 5.74) is 1.50. The Kier molecular flexibility index (Phi) is 5.84. The van der Waals surface area contributed by atoms with Crippen LogP contribution in [0.3, 0.4) is 0 Å². The van der Waals surface area contributed by atoms with Gasteiger partial charge in [0.1, 0.15) is 5.65 Å². The number of hydroxylamine groups is 2. The van der Waals surface area contributed by atoms with Gasteiger partial charge in [0, 0.05) is 40.6 Å². The minimum absolute atomic E-state index is 0.195. The van der Waals surface area contributed by atoms with Gasteiger partial charge >= 0.3 is 0 Å². The van der Waals surface area contributed by atoms with Gasteiger partial charge in [-0.05, 0) is 12.1 Å². The first kappa shape index (κ1) is 19.8. The van der Waals surface area contributed by atoms with Crippen molar-refractivity contribution in [1.29, 1.82) is 0 Å². The summed E-state index contributed by atoms with van der Waals surface area (Å²) in [6.45, 7) is 13.9. The van der Waals surface area contributed by atoms with Crippen molar-refractivity contribution in [1.82, 2.24) is 14.0 Å². The highest BCUT2D eigenvalue weighted by atomic mass is 32.3. The smallest absolute Gasteiger partial charge is 0.278 e. The molecule has 2 rings (SSSR count). The fourth-order valence-corrected chi connectivity index (χ4v) is 9.30. The Morgan fingerprint density at radius 3 is 2.20 bits per heavy atom. The first-order valence-corrected chi connectivity index (χ1v) is 10.6. The number of amides is 1. The molecule has 0 aliphatic heterocycles. The van der Waals surface area contributed by atoms with E-state index in [0.29, 0.717) is 21.3 Å². The van der Waals surface area contributed by atoms with Crippen LogP contribution in [0.2, 0.25) is 0 Å². The van der Waals surface area contributed by atoms with Gasteiger partial charge in [0.2, 0.25) is 0 Å². The fourth-order valence-electron chi connectivity index (χ4n) is 3.95. The van der Waals surface area contributed by atoms with Gasteiger partial charge in [-0.15, -0.1) is 0 Å². The van der Waals surface area contributed by atoms with Gasteiger partial charge in [0.15, 0.2) is 0 Å². The molecule has 0 spiro atoms. The summed E-state index contributed by atoms with van der Waals surface area (Å²) in [5.74, 6) is -0.195. The molecule has 2 heterocycles. The minimum atomic E-state index is -1.13. The number of hydrogen-bond donors (Lipinski definition) is 0. The zero-order valence-electron chi connectivity index (χ0n) is 16.6. The van der Waals surface area contributed by atoms with Gasteiger partial charge in [-0.3, -0.25) is 13.6 Å². The van der Waals surface area contributed by atoms with Crippen molar-refractivity contribution in [3.63, 3.8) is 0 Å². The van der Waals surface area contributed by atoms with Crippen molar-refractivity contribution < 1.29 is 9.63 Å². The Morgan fingerprint density at radius 2 is 1.72 bits per heavy atom. The maximum Gasteiger partial charge on any atom is 0.278 e. The number of rotatable bonds is 6. The molecule has 0 aromatic carbocycles. The molecule has 6 heteroatoms. The molecule has 0 unspecified atom stereocenters. The lowest BCUT2D eigenvalue weighted by molar-refractivity contribution is -0.0757. The minimum Gasteiger partial charge on any atom is -0.293 e. The lowest BCUT2D eigenvalue weighted by Gasteiger charge is -2.52. The number of nitrogens with zero attached hydrogens (tertiary/aromatic N) is 3. The third kappa shape index (κ3) is 3.17. The first-order valence-electron chi connectivity index (χ1n) is 8.77. The number of aromatic nitrogens is 2. The quantitative estimate of drug-likeness (QED) is 0.710. The summed E-state index contributed by atoms with van der Waals surface area (Å²) in [7, 11) is 1.95. The maximum absolute atomic E-state index is 12.3. The van der Waals surface area contributed by atoms with Crippen molar-refractivity contribution in [2.24, 2.45) is 0 Å². The molecule has 5 nitrogen and oxygen atoms in total. The molecule has 0 aliphatic rings. The molecule has 0 saturated heterocycles. The van der Waals surface area contributed by atoms with E-state index < -0.39 is 10.2 Å². The second-order valence-electron chi connectivity index (χ2n) is 7.13. The molecule has 0 fully saturated rings. The summed E-state index contributed by atoms with van der Waals surface area (Å²) >= 11 is 0. The van der Waals surface area contributed by atoms with Crippen LogP contribution in [-0.4, -0.2) is 49.8 Å². The Bertz CT molecular complexity index is 730. The normalized spacial score (nSPS) is 13.2. The molecule has 0 N–H and O–H groups in total. The Hall–Kier alpha value is -1.53. The Balaban J connectivity index is 2.62. The van der Waals surface area contributed by atoms with Crippen molar-refractivity contribution >= 4 is 27.2 Å². The first-order chi connectivity index (χ1) is 11.7. The molecule has 2 aromatic rings. The zero-order chi connectivity index (χ0) is 18.9. The predicted molar refractivity (Wildman–Crippen MR) is 107 cm³/mol. The Morgan fingerprint density at radius 1 is 1.16 bits per heavy atom. The van der Waals surface area contributed by atoms with Crippen LogP contribution in [0.1, 0.15) is 51.9 Å². The standard InChI is InChI=1S/C19H31N3O2S/c1-13(2)25(14(3)4,15(5)6)22-10-9-16-11-17(12-20-18(16)22)19(23)21(7)24-8/h9-15H,1-8H3. The number of carbonyl (C=O) groups excluding carboxylic acids is 1. The third-order valence-electron chi connectivity index (χ3n) is 4.91. The fraction of sp³-hybridized carbons (Fsp3) is 0.579. The van der Waals surface area contributed by atoms with Crippen LogP contribution in [-0.2, 0) is 4.84 Å². The van der Waals surface area contributed by atoms with Crippen LogP contribution >= 0.6 is 10.2 Å². The average molecular weight is 366 g/mol. The summed E-state index contributed by atoms with van der Waals surface area (Å²) in [6.07, 6.45) is 3.81. The molecule has 0 bridgehead atoms. The largest absolute Gasteiger partial charge is 0.293 e. The lowest BCUT2D eigenvalue weighted by atomic mass is 10.2. The summed E-state index contributed by atoms with van der Waals surface area (Å²) < 4.78 is 2.40. The van der Waals surface area contributed by atoms with E-state index in [9.17, 15) is 4.79 Å². The van der Waals surface area contributed by atoms with Crippen LogP contribution < -0.4 is 0 Å². The number of fused-ring (bicyclic) bond motifs is 1. The summed E-state index contributed by atoms with van der Waals surface area (Å²) in [4.78, 5) is 22.0. The predicted octanol–water partition coefficient (Wildman–Crippen LogP) is 4.46. The number of carbonyl (C=O) groups is 1. The molecule has 0 saturated carbocycles. The second kappa shape index (κ2) is 7.38. The molecule has 25 heavy (non-hydrogen) atoms. The number of pyridine rings is 1. The average Bonchev–Trinajstić information content (AvgIpc) is 2.96. The van der Waals surface area contributed by atoms with Gasteiger partial charge < -0.3 is 0 Å². The van der Waals surface area contributed by atoms with Gasteiger partial charge in [0.25, 0.3) is 5.91 Å². The molecule has 0 atom stereocenters. The van der Waals surface area contributed by atoms with Crippen LogP contribution in [0.4, 0.5) is 0 Å². The summed E-state index contributed by atoms with van der Waals surface area (Å²) in [6, 6.07) is 3.97. The highest BCUT2D eigenvalue weighted by molar-refractivity contribution is 8.33. The molecule has 2 aromatic heterocycles. The highest BCUT2D eigenvalue weighted by Gasteiger charge is 2.37. The van der Waals surface area contributed by atoms with Gasteiger partial charge in [-0.2, -0.15) is 10.2 Å². The van der Waals surface area contributed by atoms with E-state index in [1.807, 2.05) is 6.07 Å². The third-order valence-corrected chi connectivity index (χ3v) is 10.4. The van der Waals surface area contributed by atoms with Gasteiger partial charge in [-0.25, -0.2) is 10.0 Å². The monoisotopic (exact) mass is 365 g/mol. The number of hydrogen-bond acceptors (Lipinski definition) is 3. The molecule has 1 amide bonds. The highest BCUT2D eigenvalue weighted by Crippen LogP contribution is 2.62. The lowest BCUT2D eigenvalue weighted by Crippen LogP contribution is -2.34. The van der Waals surface area contributed by atoms with Crippen LogP contribution in [0.5, 0.6) is 0 Å². The topological polar surface area (TPSA) is 47.4 Å². The van der Waals surface area contributed by atoms with Crippen molar-refractivity contribution in [2.45, 2.75) is 57.3 Å². The van der Waals surface area contributed by atoms with Crippen LogP contribution in [0.25, 0.3) is 11.0 Å². The molecular formula is C19H31N3O2S. The Labute approximate surface area is 152 Å². The van der Waals surface area contributed by atoms with Gasteiger partial charge in [0.05, 0.1) is 12.7 Å². The molecule has 0 aliphatic carbocycles. The summed E-state index contributed by atoms with van der Waals surface area (Å²) in [5, 5.41) is 3.81. The van der Waals surface area contributed by atoms with E-state index >= 15 is 0 Å². The van der Waals surface area contributed by atoms with E-state index in [-0.39, 0.29) is 5.91 Å². The SMILES string of the molecule is CON(C)C(=O)c1cnc2c(ccn2S(C(C)C)(C(C)C)C(C)C)c1. The van der Waals surface area contributed by atoms with Crippen molar-refractivity contribution in [3.8, 4) is 0 Å². The van der Waals surface area contributed by atoms with Gasteiger partial charge in [-0.1, -0.05) is 41.5 Å². The molecular weight excluding hydrogens is 334 g/mol. The van der Waals surface area contributed by atoms with E-state index in [1.54, 1.807) is 13.2 Å². The van der Waals surface area contributed by atoms with Crippen molar-refractivity contribution in [3.05, 3.63) is 30.1 Å². The second-order valence-corrected chi connectivity index (χ2v) is 11.8. The van der Waals surface area contributed by atoms with Crippen LogP contribution in [0.15, 0.2) is 24.5 Å². The van der Waals surface area contributed by atoms with E-state index in [2.05, 4.69) is 62.8 Å².